The van der Waals surface area contributed by atoms with Crippen LogP contribution in [-0.2, 0) is 32.6 Å². The number of rotatable bonds is 6. The summed E-state index contributed by atoms with van der Waals surface area (Å²) < 4.78 is 27.7. The Balaban J connectivity index is 1.52. The van der Waals surface area contributed by atoms with Crippen LogP contribution in [-0.4, -0.2) is 49.9 Å². The van der Waals surface area contributed by atoms with Gasteiger partial charge >= 0.3 is 0 Å². The number of hydrogen-bond donors (Lipinski definition) is 1. The summed E-state index contributed by atoms with van der Waals surface area (Å²) in [6.07, 6.45) is 5.07. The number of carbonyl (C=O) groups excluding carboxylic acids is 2. The fraction of sp³-hybridized carbons (Fsp3) is 0.417. The molecule has 7 nitrogen and oxygen atoms in total. The van der Waals surface area contributed by atoms with E-state index in [1.54, 1.807) is 30.0 Å². The number of sulfonamides is 1. The van der Waals surface area contributed by atoms with E-state index in [9.17, 15) is 18.0 Å². The molecule has 0 spiro atoms. The third kappa shape index (κ3) is 4.95. The third-order valence-electron chi connectivity index (χ3n) is 6.26. The molecule has 0 radical (unpaired) electrons. The minimum Gasteiger partial charge on any atom is -0.350 e. The molecule has 0 unspecified atom stereocenters. The summed E-state index contributed by atoms with van der Waals surface area (Å²) in [6.45, 7) is 2.85. The Morgan fingerprint density at radius 2 is 1.76 bits per heavy atom. The highest BCUT2D eigenvalue weighted by molar-refractivity contribution is 7.98. The van der Waals surface area contributed by atoms with Gasteiger partial charge in [-0.1, -0.05) is 18.6 Å². The molecule has 0 aromatic heterocycles. The quantitative estimate of drug-likeness (QED) is 0.633. The highest BCUT2D eigenvalue weighted by Crippen LogP contribution is 2.35. The lowest BCUT2D eigenvalue weighted by molar-refractivity contribution is -0.125. The van der Waals surface area contributed by atoms with E-state index >= 15 is 0 Å². The summed E-state index contributed by atoms with van der Waals surface area (Å²) in [5, 5.41) is 2.93. The molecule has 2 aromatic rings. The Morgan fingerprint density at radius 3 is 2.39 bits per heavy atom. The van der Waals surface area contributed by atoms with Crippen LogP contribution in [0, 0.1) is 0 Å². The predicted molar refractivity (Wildman–Crippen MR) is 130 cm³/mol. The highest BCUT2D eigenvalue weighted by atomic mass is 32.2. The molecule has 2 aromatic carbocycles. The fourth-order valence-electron chi connectivity index (χ4n) is 4.49. The Kier molecular flexibility index (Phi) is 7.11. The third-order valence-corrected chi connectivity index (χ3v) is 8.89. The molecule has 4 rings (SSSR count). The van der Waals surface area contributed by atoms with Crippen molar-refractivity contribution >= 4 is 39.3 Å². The van der Waals surface area contributed by atoms with Gasteiger partial charge < -0.3 is 5.32 Å². The van der Waals surface area contributed by atoms with E-state index in [1.807, 2.05) is 30.5 Å². The number of thioether (sulfide) groups is 1. The molecule has 2 aliphatic heterocycles. The maximum Gasteiger partial charge on any atom is 0.243 e. The minimum absolute atomic E-state index is 0.224. The van der Waals surface area contributed by atoms with Crippen molar-refractivity contribution in [1.82, 2.24) is 9.62 Å². The molecule has 1 N–H and O–H groups in total. The first kappa shape index (κ1) is 23.8. The molecule has 9 heteroatoms. The lowest BCUT2D eigenvalue weighted by Gasteiger charge is -2.26. The van der Waals surface area contributed by atoms with E-state index in [0.29, 0.717) is 30.9 Å². The molecule has 0 saturated carbocycles. The summed E-state index contributed by atoms with van der Waals surface area (Å²) in [6, 6.07) is 12.1. The largest absolute Gasteiger partial charge is 0.350 e. The van der Waals surface area contributed by atoms with Crippen molar-refractivity contribution in [3.63, 3.8) is 0 Å². The lowest BCUT2D eigenvalue weighted by atomic mass is 10.1. The molecule has 0 bridgehead atoms. The van der Waals surface area contributed by atoms with Crippen LogP contribution in [0.4, 0.5) is 5.69 Å². The normalized spacial score (nSPS) is 18.7. The van der Waals surface area contributed by atoms with Gasteiger partial charge in [0, 0.05) is 43.6 Å². The van der Waals surface area contributed by atoms with E-state index in [4.69, 9.17) is 0 Å². The molecule has 1 atom stereocenters. The van der Waals surface area contributed by atoms with Crippen molar-refractivity contribution < 1.29 is 18.0 Å². The standard InChI is InChI=1S/C24H29N3O4S2/c1-17(28)27-22-11-10-21(33(30,31)26-12-4-3-5-13-26)14-19(22)15-23(27)24(29)25-16-18-6-8-20(32-2)9-7-18/h6-11,14,23H,3-5,12-13,15-16H2,1-2H3,(H,25,29)/t23-/m1/s1. The predicted octanol–water partition coefficient (Wildman–Crippen LogP) is 3.18. The van der Waals surface area contributed by atoms with Crippen LogP contribution in [0.1, 0.15) is 37.3 Å². The second-order valence-corrected chi connectivity index (χ2v) is 11.2. The van der Waals surface area contributed by atoms with Gasteiger partial charge in [-0.25, -0.2) is 8.42 Å². The molecule has 2 heterocycles. The first-order valence-electron chi connectivity index (χ1n) is 11.1. The van der Waals surface area contributed by atoms with Crippen LogP contribution in [0.15, 0.2) is 52.3 Å². The van der Waals surface area contributed by atoms with E-state index in [2.05, 4.69) is 5.32 Å². The van der Waals surface area contributed by atoms with Gasteiger partial charge in [0.2, 0.25) is 21.8 Å². The van der Waals surface area contributed by atoms with Crippen LogP contribution in [0.25, 0.3) is 0 Å². The number of nitrogens with one attached hydrogen (secondary N) is 1. The topological polar surface area (TPSA) is 86.8 Å². The summed E-state index contributed by atoms with van der Waals surface area (Å²) in [5.41, 5.74) is 2.28. The molecular weight excluding hydrogens is 458 g/mol. The highest BCUT2D eigenvalue weighted by Gasteiger charge is 2.38. The fourth-order valence-corrected chi connectivity index (χ4v) is 6.47. The second-order valence-electron chi connectivity index (χ2n) is 8.43. The van der Waals surface area contributed by atoms with Gasteiger partial charge in [-0.05, 0) is 60.6 Å². The summed E-state index contributed by atoms with van der Waals surface area (Å²) >= 11 is 1.65. The minimum atomic E-state index is -3.58. The first-order valence-corrected chi connectivity index (χ1v) is 13.8. The van der Waals surface area contributed by atoms with Gasteiger partial charge in [0.1, 0.15) is 6.04 Å². The van der Waals surface area contributed by atoms with Crippen molar-refractivity contribution in [2.75, 3.05) is 24.2 Å². The van der Waals surface area contributed by atoms with Gasteiger partial charge in [-0.15, -0.1) is 11.8 Å². The number of hydrogen-bond acceptors (Lipinski definition) is 5. The maximum absolute atomic E-state index is 13.1. The molecule has 0 aliphatic carbocycles. The van der Waals surface area contributed by atoms with Crippen LogP contribution < -0.4 is 10.2 Å². The number of carbonyl (C=O) groups is 2. The Labute approximate surface area is 199 Å². The number of benzene rings is 2. The first-order chi connectivity index (χ1) is 15.8. The lowest BCUT2D eigenvalue weighted by Crippen LogP contribution is -2.47. The molecule has 33 heavy (non-hydrogen) atoms. The van der Waals surface area contributed by atoms with Crippen LogP contribution >= 0.6 is 11.8 Å². The van der Waals surface area contributed by atoms with Crippen molar-refractivity contribution in [2.45, 2.75) is 55.0 Å². The average Bonchev–Trinajstić information content (AvgIpc) is 3.22. The molecule has 1 fully saturated rings. The summed E-state index contributed by atoms with van der Waals surface area (Å²) in [7, 11) is -3.58. The zero-order valence-electron chi connectivity index (χ0n) is 18.9. The van der Waals surface area contributed by atoms with Gasteiger partial charge in [0.15, 0.2) is 0 Å². The summed E-state index contributed by atoms with van der Waals surface area (Å²) in [4.78, 5) is 28.3. The van der Waals surface area contributed by atoms with Gasteiger partial charge in [0.25, 0.3) is 0 Å². The van der Waals surface area contributed by atoms with Gasteiger partial charge in [-0.3, -0.25) is 14.5 Å². The second kappa shape index (κ2) is 9.87. The Morgan fingerprint density at radius 1 is 1.06 bits per heavy atom. The van der Waals surface area contributed by atoms with Gasteiger partial charge in [0.05, 0.1) is 4.90 Å². The number of nitrogens with zero attached hydrogens (tertiary/aromatic N) is 2. The summed E-state index contributed by atoms with van der Waals surface area (Å²) in [5.74, 6) is -0.499. The SMILES string of the molecule is CSc1ccc(CNC(=O)[C@H]2Cc3cc(S(=O)(=O)N4CCCCC4)ccc3N2C(C)=O)cc1. The van der Waals surface area contributed by atoms with E-state index in [1.165, 1.54) is 16.1 Å². The van der Waals surface area contributed by atoms with Crippen molar-refractivity contribution in [2.24, 2.45) is 0 Å². The van der Waals surface area contributed by atoms with Crippen molar-refractivity contribution in [1.29, 1.82) is 0 Å². The number of anilines is 1. The Hall–Kier alpha value is -2.36. The zero-order valence-corrected chi connectivity index (χ0v) is 20.5. The zero-order chi connectivity index (χ0) is 23.6. The monoisotopic (exact) mass is 487 g/mol. The Bertz CT molecular complexity index is 1140. The van der Waals surface area contributed by atoms with Crippen molar-refractivity contribution in [3.8, 4) is 0 Å². The van der Waals surface area contributed by atoms with Crippen LogP contribution in [0.3, 0.4) is 0 Å². The molecule has 2 amide bonds. The van der Waals surface area contributed by atoms with E-state index in [-0.39, 0.29) is 23.1 Å². The van der Waals surface area contributed by atoms with Crippen LogP contribution in [0.5, 0.6) is 0 Å². The maximum atomic E-state index is 13.1. The number of fused-ring (bicyclic) bond motifs is 1. The number of amides is 2. The molecule has 2 aliphatic rings. The molecular formula is C24H29N3O4S2. The smallest absolute Gasteiger partial charge is 0.243 e. The van der Waals surface area contributed by atoms with Crippen LogP contribution in [0.2, 0.25) is 0 Å². The van der Waals surface area contributed by atoms with E-state index < -0.39 is 16.1 Å². The van der Waals surface area contributed by atoms with Gasteiger partial charge in [-0.2, -0.15) is 4.31 Å². The van der Waals surface area contributed by atoms with E-state index in [0.717, 1.165) is 29.7 Å². The van der Waals surface area contributed by atoms with Crippen molar-refractivity contribution in [3.05, 3.63) is 53.6 Å². The molecule has 176 valence electrons. The molecule has 1 saturated heterocycles. The number of piperidine rings is 1. The average molecular weight is 488 g/mol.